The van der Waals surface area contributed by atoms with Crippen LogP contribution in [0.25, 0.3) is 0 Å². The quantitative estimate of drug-likeness (QED) is 0.901. The molecule has 1 amide bonds. The van der Waals surface area contributed by atoms with Crippen molar-refractivity contribution in [2.24, 2.45) is 11.8 Å². The minimum Gasteiger partial charge on any atom is -0.342 e. The van der Waals surface area contributed by atoms with Gasteiger partial charge in [0.05, 0.1) is 13.1 Å². The van der Waals surface area contributed by atoms with Gasteiger partial charge in [0.2, 0.25) is 5.91 Å². The highest BCUT2D eigenvalue weighted by atomic mass is 35.5. The summed E-state index contributed by atoms with van der Waals surface area (Å²) in [5.41, 5.74) is 1.33. The number of nitrogens with one attached hydrogen (secondary N) is 1. The Morgan fingerprint density at radius 2 is 1.74 bits per heavy atom. The summed E-state index contributed by atoms with van der Waals surface area (Å²) in [5.74, 6) is 1.46. The molecule has 2 fully saturated rings. The lowest BCUT2D eigenvalue weighted by molar-refractivity contribution is -0.919. The average molecular weight is 336 g/mol. The molecule has 0 saturated carbocycles. The Kier molecular flexibility index (Phi) is 5.60. The van der Waals surface area contributed by atoms with E-state index in [0.717, 1.165) is 56.5 Å². The zero-order valence-electron chi connectivity index (χ0n) is 14.1. The number of benzene rings is 1. The van der Waals surface area contributed by atoms with Gasteiger partial charge in [-0.1, -0.05) is 30.7 Å². The van der Waals surface area contributed by atoms with E-state index in [-0.39, 0.29) is 5.92 Å². The standard InChI is InChI=1S/C19H27ClN2O/c1-15-6-12-22(13-7-15)19(23)17-8-10-21(11-9-17)14-16-2-4-18(20)5-3-16/h2-5,15,17H,6-14H2,1H3/p+1. The molecule has 0 unspecified atom stereocenters. The third-order valence-corrected chi connectivity index (χ3v) is 5.76. The number of halogens is 1. The van der Waals surface area contributed by atoms with Crippen LogP contribution in [-0.4, -0.2) is 37.0 Å². The van der Waals surface area contributed by atoms with Gasteiger partial charge in [-0.05, 0) is 30.9 Å². The van der Waals surface area contributed by atoms with Crippen molar-refractivity contribution >= 4 is 17.5 Å². The second kappa shape index (κ2) is 7.67. The normalized spacial score (nSPS) is 26.3. The van der Waals surface area contributed by atoms with Crippen molar-refractivity contribution in [3.63, 3.8) is 0 Å². The number of amides is 1. The monoisotopic (exact) mass is 335 g/mol. The Morgan fingerprint density at radius 1 is 1.13 bits per heavy atom. The maximum absolute atomic E-state index is 12.7. The molecule has 1 aromatic carbocycles. The number of hydrogen-bond acceptors (Lipinski definition) is 1. The van der Waals surface area contributed by atoms with Gasteiger partial charge in [0.15, 0.2) is 0 Å². The fourth-order valence-electron chi connectivity index (χ4n) is 3.83. The van der Waals surface area contributed by atoms with Crippen LogP contribution in [0.4, 0.5) is 0 Å². The van der Waals surface area contributed by atoms with Crippen molar-refractivity contribution in [1.82, 2.24) is 4.90 Å². The minimum absolute atomic E-state index is 0.261. The first-order valence-corrected chi connectivity index (χ1v) is 9.36. The minimum atomic E-state index is 0.261. The maximum Gasteiger partial charge on any atom is 0.226 e. The zero-order valence-corrected chi connectivity index (χ0v) is 14.8. The molecular formula is C19H28ClN2O+. The molecule has 0 aliphatic carbocycles. The van der Waals surface area contributed by atoms with Crippen molar-refractivity contribution in [1.29, 1.82) is 0 Å². The van der Waals surface area contributed by atoms with Crippen LogP contribution in [0.15, 0.2) is 24.3 Å². The van der Waals surface area contributed by atoms with Crippen LogP contribution in [0.2, 0.25) is 5.02 Å². The van der Waals surface area contributed by atoms with Crippen LogP contribution < -0.4 is 4.90 Å². The number of carbonyl (C=O) groups excluding carboxylic acids is 1. The van der Waals surface area contributed by atoms with E-state index in [1.165, 1.54) is 18.4 Å². The molecule has 3 rings (SSSR count). The Bertz CT molecular complexity index is 515. The SMILES string of the molecule is CC1CCN(C(=O)C2CC[NH+](Cc3ccc(Cl)cc3)CC2)CC1. The van der Waals surface area contributed by atoms with Crippen LogP contribution in [0.1, 0.15) is 38.2 Å². The Hall–Kier alpha value is -1.06. The number of rotatable bonds is 3. The van der Waals surface area contributed by atoms with Crippen LogP contribution in [-0.2, 0) is 11.3 Å². The Balaban J connectivity index is 1.46. The summed E-state index contributed by atoms with van der Waals surface area (Å²) in [4.78, 5) is 16.4. The van der Waals surface area contributed by atoms with E-state index in [1.54, 1.807) is 4.90 Å². The average Bonchev–Trinajstić information content (AvgIpc) is 2.58. The molecular weight excluding hydrogens is 308 g/mol. The summed E-state index contributed by atoms with van der Waals surface area (Å²) in [7, 11) is 0. The first-order valence-electron chi connectivity index (χ1n) is 8.98. The zero-order chi connectivity index (χ0) is 16.2. The van der Waals surface area contributed by atoms with Gasteiger partial charge in [-0.2, -0.15) is 0 Å². The second-order valence-electron chi connectivity index (χ2n) is 7.34. The van der Waals surface area contributed by atoms with Crippen molar-refractivity contribution in [2.45, 2.75) is 39.2 Å². The van der Waals surface area contributed by atoms with E-state index in [9.17, 15) is 4.79 Å². The summed E-state index contributed by atoms with van der Waals surface area (Å²) >= 11 is 5.94. The van der Waals surface area contributed by atoms with Gasteiger partial charge >= 0.3 is 0 Å². The van der Waals surface area contributed by atoms with E-state index in [2.05, 4.69) is 24.0 Å². The molecule has 0 spiro atoms. The molecule has 0 bridgehead atoms. The highest BCUT2D eigenvalue weighted by molar-refractivity contribution is 6.30. The first kappa shape index (κ1) is 16.8. The number of quaternary nitrogens is 1. The van der Waals surface area contributed by atoms with Crippen molar-refractivity contribution in [3.8, 4) is 0 Å². The van der Waals surface area contributed by atoms with Crippen LogP contribution in [0.5, 0.6) is 0 Å². The van der Waals surface area contributed by atoms with Crippen molar-refractivity contribution in [2.75, 3.05) is 26.2 Å². The molecule has 0 aromatic heterocycles. The molecule has 2 aliphatic rings. The van der Waals surface area contributed by atoms with E-state index < -0.39 is 0 Å². The van der Waals surface area contributed by atoms with E-state index in [4.69, 9.17) is 11.6 Å². The van der Waals surface area contributed by atoms with Crippen molar-refractivity contribution < 1.29 is 9.69 Å². The largest absolute Gasteiger partial charge is 0.342 e. The molecule has 0 atom stereocenters. The van der Waals surface area contributed by atoms with Gasteiger partial charge in [-0.3, -0.25) is 4.79 Å². The summed E-state index contributed by atoms with van der Waals surface area (Å²) in [6.45, 7) is 7.47. The molecule has 23 heavy (non-hydrogen) atoms. The summed E-state index contributed by atoms with van der Waals surface area (Å²) in [6, 6.07) is 8.15. The molecule has 126 valence electrons. The highest BCUT2D eigenvalue weighted by Crippen LogP contribution is 2.21. The topological polar surface area (TPSA) is 24.8 Å². The molecule has 2 heterocycles. The van der Waals surface area contributed by atoms with Crippen LogP contribution in [0.3, 0.4) is 0 Å². The molecule has 3 nitrogen and oxygen atoms in total. The second-order valence-corrected chi connectivity index (χ2v) is 7.77. The smallest absolute Gasteiger partial charge is 0.226 e. The fraction of sp³-hybridized carbons (Fsp3) is 0.632. The molecule has 2 aliphatic heterocycles. The number of hydrogen-bond donors (Lipinski definition) is 1. The Labute approximate surface area is 144 Å². The number of carbonyl (C=O) groups is 1. The highest BCUT2D eigenvalue weighted by Gasteiger charge is 2.31. The number of nitrogens with zero attached hydrogens (tertiary/aromatic N) is 1. The predicted molar refractivity (Wildman–Crippen MR) is 93.6 cm³/mol. The summed E-state index contributed by atoms with van der Waals surface area (Å²) in [5, 5.41) is 0.795. The third kappa shape index (κ3) is 4.48. The van der Waals surface area contributed by atoms with E-state index in [1.807, 2.05) is 12.1 Å². The number of likely N-dealkylation sites (tertiary alicyclic amines) is 2. The van der Waals surface area contributed by atoms with Gasteiger partial charge in [-0.15, -0.1) is 0 Å². The number of piperidine rings is 2. The molecule has 2 saturated heterocycles. The maximum atomic E-state index is 12.7. The van der Waals surface area contributed by atoms with Crippen LogP contribution in [0, 0.1) is 11.8 Å². The van der Waals surface area contributed by atoms with E-state index >= 15 is 0 Å². The first-order chi connectivity index (χ1) is 11.1. The molecule has 1 N–H and O–H groups in total. The molecule has 1 aromatic rings. The molecule has 4 heteroatoms. The van der Waals surface area contributed by atoms with Gasteiger partial charge < -0.3 is 9.80 Å². The molecule has 0 radical (unpaired) electrons. The predicted octanol–water partition coefficient (Wildman–Crippen LogP) is 2.39. The van der Waals surface area contributed by atoms with Crippen molar-refractivity contribution in [3.05, 3.63) is 34.9 Å². The summed E-state index contributed by atoms with van der Waals surface area (Å²) in [6.07, 6.45) is 4.42. The fourth-order valence-corrected chi connectivity index (χ4v) is 3.95. The van der Waals surface area contributed by atoms with E-state index in [0.29, 0.717) is 5.91 Å². The van der Waals surface area contributed by atoms with Crippen LogP contribution >= 0.6 is 11.6 Å². The summed E-state index contributed by atoms with van der Waals surface area (Å²) < 4.78 is 0. The van der Waals surface area contributed by atoms with Gasteiger partial charge in [-0.25, -0.2) is 0 Å². The Morgan fingerprint density at radius 3 is 2.35 bits per heavy atom. The third-order valence-electron chi connectivity index (χ3n) is 5.50. The lowest BCUT2D eigenvalue weighted by Gasteiger charge is -2.35. The van der Waals surface area contributed by atoms with Gasteiger partial charge in [0.25, 0.3) is 0 Å². The van der Waals surface area contributed by atoms with Gasteiger partial charge in [0, 0.05) is 42.4 Å². The lowest BCUT2D eigenvalue weighted by Crippen LogP contribution is -3.11. The van der Waals surface area contributed by atoms with Gasteiger partial charge in [0.1, 0.15) is 6.54 Å². The lowest BCUT2D eigenvalue weighted by atomic mass is 9.92.